The van der Waals surface area contributed by atoms with Crippen LogP contribution in [-0.4, -0.2) is 35.8 Å². The van der Waals surface area contributed by atoms with Gasteiger partial charge in [-0.25, -0.2) is 0 Å². The van der Waals surface area contributed by atoms with E-state index in [1.165, 1.54) is 0 Å². The molecular formula is C16H17ClN2O2. The first-order valence-electron chi connectivity index (χ1n) is 6.84. The molecule has 2 amide bonds. The molecule has 0 spiro atoms. The van der Waals surface area contributed by atoms with Crippen LogP contribution >= 0.6 is 11.6 Å². The van der Waals surface area contributed by atoms with Crippen LogP contribution in [0.2, 0.25) is 5.02 Å². The zero-order valence-corrected chi connectivity index (χ0v) is 12.6. The lowest BCUT2D eigenvalue weighted by Crippen LogP contribution is -2.36. The number of carbonyl (C=O) groups excluding carboxylic acids is 2. The van der Waals surface area contributed by atoms with Crippen molar-refractivity contribution in [3.05, 3.63) is 34.9 Å². The molecule has 1 aliphatic rings. The molecule has 0 radical (unpaired) electrons. The number of hydrogen-bond donors (Lipinski definition) is 1. The minimum absolute atomic E-state index is 0.0618. The SMILES string of the molecule is CC#CC(=O)N[C@@H]1CC(=O)N(CCc2cccc(Cl)c2)C1. The molecule has 0 bridgehead atoms. The number of rotatable bonds is 4. The molecule has 1 fully saturated rings. The molecule has 4 nitrogen and oxygen atoms in total. The Balaban J connectivity index is 1.85. The smallest absolute Gasteiger partial charge is 0.296 e. The second-order valence-electron chi connectivity index (χ2n) is 4.97. The summed E-state index contributed by atoms with van der Waals surface area (Å²) in [5.41, 5.74) is 1.10. The second-order valence-corrected chi connectivity index (χ2v) is 5.41. The third kappa shape index (κ3) is 4.51. The molecule has 2 rings (SSSR count). The fraction of sp³-hybridized carbons (Fsp3) is 0.375. The van der Waals surface area contributed by atoms with Gasteiger partial charge in [0.05, 0.1) is 6.04 Å². The zero-order valence-electron chi connectivity index (χ0n) is 11.9. The normalized spacial score (nSPS) is 17.3. The van der Waals surface area contributed by atoms with Crippen molar-refractivity contribution in [2.24, 2.45) is 0 Å². The second kappa shape index (κ2) is 7.14. The first kappa shape index (κ1) is 15.4. The van der Waals surface area contributed by atoms with Gasteiger partial charge in [0.2, 0.25) is 5.91 Å². The maximum Gasteiger partial charge on any atom is 0.296 e. The van der Waals surface area contributed by atoms with Crippen LogP contribution in [0.3, 0.4) is 0 Å². The number of hydrogen-bond acceptors (Lipinski definition) is 2. The summed E-state index contributed by atoms with van der Waals surface area (Å²) in [6, 6.07) is 7.47. The van der Waals surface area contributed by atoms with Gasteiger partial charge in [-0.3, -0.25) is 9.59 Å². The maximum absolute atomic E-state index is 11.9. The monoisotopic (exact) mass is 304 g/mol. The molecule has 1 saturated heterocycles. The summed E-state index contributed by atoms with van der Waals surface area (Å²) in [6.45, 7) is 2.78. The van der Waals surface area contributed by atoms with Crippen LogP contribution in [0.4, 0.5) is 0 Å². The molecule has 1 aromatic rings. The van der Waals surface area contributed by atoms with Crippen LogP contribution < -0.4 is 5.32 Å². The third-order valence-electron chi connectivity index (χ3n) is 3.35. The highest BCUT2D eigenvalue weighted by Crippen LogP contribution is 2.14. The van der Waals surface area contributed by atoms with E-state index in [-0.39, 0.29) is 17.9 Å². The van der Waals surface area contributed by atoms with E-state index in [2.05, 4.69) is 17.2 Å². The van der Waals surface area contributed by atoms with E-state index in [9.17, 15) is 9.59 Å². The molecule has 1 atom stereocenters. The zero-order chi connectivity index (χ0) is 15.2. The summed E-state index contributed by atoms with van der Waals surface area (Å²) in [6.07, 6.45) is 1.09. The van der Waals surface area contributed by atoms with Gasteiger partial charge in [-0.2, -0.15) is 0 Å². The van der Waals surface area contributed by atoms with Crippen LogP contribution in [0.15, 0.2) is 24.3 Å². The minimum atomic E-state index is -0.327. The van der Waals surface area contributed by atoms with Gasteiger partial charge in [-0.15, -0.1) is 0 Å². The number of carbonyl (C=O) groups is 2. The third-order valence-corrected chi connectivity index (χ3v) is 3.58. The van der Waals surface area contributed by atoms with Crippen molar-refractivity contribution in [2.75, 3.05) is 13.1 Å². The van der Waals surface area contributed by atoms with Crippen LogP contribution in [0.5, 0.6) is 0 Å². The Kier molecular flexibility index (Phi) is 5.24. The van der Waals surface area contributed by atoms with Gasteiger partial charge < -0.3 is 10.2 Å². The highest BCUT2D eigenvalue weighted by Gasteiger charge is 2.29. The molecular weight excluding hydrogens is 288 g/mol. The number of halogens is 1. The van der Waals surface area contributed by atoms with Gasteiger partial charge in [0.1, 0.15) is 0 Å². The van der Waals surface area contributed by atoms with Crippen molar-refractivity contribution in [3.8, 4) is 11.8 Å². The number of nitrogens with one attached hydrogen (secondary N) is 1. The van der Waals surface area contributed by atoms with E-state index in [0.29, 0.717) is 24.5 Å². The topological polar surface area (TPSA) is 49.4 Å². The first-order valence-corrected chi connectivity index (χ1v) is 7.21. The highest BCUT2D eigenvalue weighted by atomic mass is 35.5. The molecule has 0 aliphatic carbocycles. The summed E-state index contributed by atoms with van der Waals surface area (Å²) in [5.74, 6) is 4.70. The Morgan fingerprint density at radius 3 is 3.05 bits per heavy atom. The molecule has 21 heavy (non-hydrogen) atoms. The van der Waals surface area contributed by atoms with Crippen molar-refractivity contribution in [1.82, 2.24) is 10.2 Å². The molecule has 1 aromatic carbocycles. The van der Waals surface area contributed by atoms with Crippen molar-refractivity contribution >= 4 is 23.4 Å². The molecule has 0 aromatic heterocycles. The van der Waals surface area contributed by atoms with Gasteiger partial charge in [0, 0.05) is 24.5 Å². The van der Waals surface area contributed by atoms with E-state index in [1.807, 2.05) is 24.3 Å². The molecule has 110 valence electrons. The van der Waals surface area contributed by atoms with Crippen molar-refractivity contribution in [2.45, 2.75) is 25.8 Å². The number of nitrogens with zero attached hydrogens (tertiary/aromatic N) is 1. The van der Waals surface area contributed by atoms with E-state index >= 15 is 0 Å². The predicted molar refractivity (Wildman–Crippen MR) is 81.7 cm³/mol. The molecule has 1 heterocycles. The van der Waals surface area contributed by atoms with Crippen molar-refractivity contribution < 1.29 is 9.59 Å². The molecule has 5 heteroatoms. The van der Waals surface area contributed by atoms with Gasteiger partial charge in [0.15, 0.2) is 0 Å². The highest BCUT2D eigenvalue weighted by molar-refractivity contribution is 6.30. The van der Waals surface area contributed by atoms with Crippen LogP contribution in [0.1, 0.15) is 18.9 Å². The average Bonchev–Trinajstić information content (AvgIpc) is 2.77. The van der Waals surface area contributed by atoms with Crippen LogP contribution in [-0.2, 0) is 16.0 Å². The Morgan fingerprint density at radius 2 is 2.33 bits per heavy atom. The van der Waals surface area contributed by atoms with Crippen molar-refractivity contribution in [1.29, 1.82) is 0 Å². The lowest BCUT2D eigenvalue weighted by Gasteiger charge is -2.16. The van der Waals surface area contributed by atoms with E-state index < -0.39 is 0 Å². The molecule has 1 N–H and O–H groups in total. The quantitative estimate of drug-likeness (QED) is 0.860. The van der Waals surface area contributed by atoms with Crippen LogP contribution in [0.25, 0.3) is 0 Å². The van der Waals surface area contributed by atoms with Crippen molar-refractivity contribution in [3.63, 3.8) is 0 Å². The summed E-state index contributed by atoms with van der Waals surface area (Å²) < 4.78 is 0. The number of likely N-dealkylation sites (tertiary alicyclic amines) is 1. The van der Waals surface area contributed by atoms with Gasteiger partial charge in [-0.05, 0) is 37.0 Å². The molecule has 0 unspecified atom stereocenters. The van der Waals surface area contributed by atoms with E-state index in [1.54, 1.807) is 11.8 Å². The van der Waals surface area contributed by atoms with Gasteiger partial charge in [-0.1, -0.05) is 29.7 Å². The number of benzene rings is 1. The fourth-order valence-electron chi connectivity index (χ4n) is 2.38. The summed E-state index contributed by atoms with van der Waals surface area (Å²) in [5, 5.41) is 3.45. The average molecular weight is 305 g/mol. The Bertz CT molecular complexity index is 604. The van der Waals surface area contributed by atoms with E-state index in [0.717, 1.165) is 12.0 Å². The van der Waals surface area contributed by atoms with E-state index in [4.69, 9.17) is 11.6 Å². The Labute approximate surface area is 129 Å². The molecule has 0 saturated carbocycles. The lowest BCUT2D eigenvalue weighted by molar-refractivity contribution is -0.127. The summed E-state index contributed by atoms with van der Waals surface area (Å²) >= 11 is 5.94. The molecule has 1 aliphatic heterocycles. The Morgan fingerprint density at radius 1 is 1.52 bits per heavy atom. The predicted octanol–water partition coefficient (Wildman–Crippen LogP) is 1.62. The first-order chi connectivity index (χ1) is 10.1. The van der Waals surface area contributed by atoms with Crippen LogP contribution in [0, 0.1) is 11.8 Å². The fourth-order valence-corrected chi connectivity index (χ4v) is 2.59. The summed E-state index contributed by atoms with van der Waals surface area (Å²) in [7, 11) is 0. The minimum Gasteiger partial charge on any atom is -0.340 e. The Hall–Kier alpha value is -1.99. The maximum atomic E-state index is 11.9. The lowest BCUT2D eigenvalue weighted by atomic mass is 10.1. The largest absolute Gasteiger partial charge is 0.340 e. The van der Waals surface area contributed by atoms with Gasteiger partial charge >= 0.3 is 0 Å². The standard InChI is InChI=1S/C16H17ClN2O2/c1-2-4-15(20)18-14-10-16(21)19(11-14)8-7-12-5-3-6-13(17)9-12/h3,5-6,9,14H,7-8,10-11H2,1H3,(H,18,20)/t14-/m1/s1. The number of amides is 2. The van der Waals surface area contributed by atoms with Gasteiger partial charge in [0.25, 0.3) is 5.91 Å². The summed E-state index contributed by atoms with van der Waals surface area (Å²) in [4.78, 5) is 25.1.